The van der Waals surface area contributed by atoms with Crippen LogP contribution < -0.4 is 15.0 Å². The molecule has 4 aromatic rings. The number of halogens is 5. The molecular weight excluding hydrogens is 593 g/mol. The molecule has 4 atom stereocenters. The Balaban J connectivity index is 1.26. The molecule has 2 N–H and O–H groups in total. The lowest BCUT2D eigenvalue weighted by molar-refractivity contribution is 0.107. The molecule has 6 heterocycles. The standard InChI is InChI=1S/C32H32F5N7O/c1-17-23(34)9-24-22(12-38-42-24)26(17)20-3-4-21-28(27(20)37)39-30(45-16-32-6-2-8-44(32)13-18(33)10-32)40-29(21)43-14-19-5-7-31(15-43,41-19)11-25(35)36/h3-4,9,11-12,18-19,41H,2,5-8,10,13-16H2,1H3,(H,38,42)/t18-,19-,31-,32?/m1/s1. The zero-order valence-electron chi connectivity index (χ0n) is 24.6. The highest BCUT2D eigenvalue weighted by molar-refractivity contribution is 6.00. The number of rotatable bonds is 6. The number of hydrogen-bond acceptors (Lipinski definition) is 7. The van der Waals surface area contributed by atoms with Crippen LogP contribution in [0.4, 0.5) is 27.8 Å². The SMILES string of the molecule is Cc1c(F)cc2[nH]ncc2c1-c1ccc2c(N3C[C@H]4CC[C@@](C=C(F)F)(C3)N4)nc(OCC34CCCN3C[C@H](F)C4)nc2c1F. The number of piperazine rings is 1. The van der Waals surface area contributed by atoms with Gasteiger partial charge in [-0.15, -0.1) is 0 Å². The van der Waals surface area contributed by atoms with Crippen LogP contribution in [-0.2, 0) is 0 Å². The fourth-order valence-electron chi connectivity index (χ4n) is 8.23. The first kappa shape index (κ1) is 28.6. The summed E-state index contributed by atoms with van der Waals surface area (Å²) < 4.78 is 79.5. The fraction of sp³-hybridized carbons (Fsp3) is 0.469. The lowest BCUT2D eigenvalue weighted by Gasteiger charge is -2.40. The van der Waals surface area contributed by atoms with Gasteiger partial charge in [-0.05, 0) is 56.8 Å². The number of aromatic nitrogens is 4. The number of H-pyrrole nitrogens is 1. The van der Waals surface area contributed by atoms with Gasteiger partial charge in [-0.1, -0.05) is 6.07 Å². The summed E-state index contributed by atoms with van der Waals surface area (Å²) in [5, 5.41) is 11.0. The third-order valence-electron chi connectivity index (χ3n) is 10.2. The molecule has 45 heavy (non-hydrogen) atoms. The summed E-state index contributed by atoms with van der Waals surface area (Å²) in [5.74, 6) is -0.831. The van der Waals surface area contributed by atoms with E-state index in [0.717, 1.165) is 25.5 Å². The Bertz CT molecular complexity index is 1860. The summed E-state index contributed by atoms with van der Waals surface area (Å²) in [6.45, 7) is 3.52. The molecule has 0 radical (unpaired) electrons. The quantitative estimate of drug-likeness (QED) is 0.262. The lowest BCUT2D eigenvalue weighted by atomic mass is 9.94. The largest absolute Gasteiger partial charge is 0.461 e. The Kier molecular flexibility index (Phi) is 6.58. The van der Waals surface area contributed by atoms with Gasteiger partial charge in [-0.3, -0.25) is 10.00 Å². The monoisotopic (exact) mass is 625 g/mol. The van der Waals surface area contributed by atoms with Crippen LogP contribution in [0.2, 0.25) is 0 Å². The maximum atomic E-state index is 16.8. The molecule has 8 nitrogen and oxygen atoms in total. The predicted molar refractivity (Wildman–Crippen MR) is 159 cm³/mol. The van der Waals surface area contributed by atoms with Gasteiger partial charge >= 0.3 is 6.01 Å². The molecule has 4 aliphatic rings. The van der Waals surface area contributed by atoms with Crippen molar-refractivity contribution in [2.45, 2.75) is 62.3 Å². The average molecular weight is 626 g/mol. The zero-order chi connectivity index (χ0) is 31.1. The van der Waals surface area contributed by atoms with Crippen molar-refractivity contribution in [1.29, 1.82) is 0 Å². The summed E-state index contributed by atoms with van der Waals surface area (Å²) in [5.41, 5.74) is -0.287. The first-order chi connectivity index (χ1) is 21.6. The third kappa shape index (κ3) is 4.65. The third-order valence-corrected chi connectivity index (χ3v) is 10.2. The number of nitrogens with one attached hydrogen (secondary N) is 2. The molecule has 0 spiro atoms. The molecule has 2 bridgehead atoms. The molecule has 4 saturated heterocycles. The van der Waals surface area contributed by atoms with Crippen molar-refractivity contribution in [1.82, 2.24) is 30.4 Å². The Labute approximate surface area is 255 Å². The fourth-order valence-corrected chi connectivity index (χ4v) is 8.23. The van der Waals surface area contributed by atoms with Crippen LogP contribution in [0.3, 0.4) is 0 Å². The highest BCUT2D eigenvalue weighted by Gasteiger charge is 2.49. The number of fused-ring (bicyclic) bond motifs is 5. The second kappa shape index (κ2) is 10.3. The van der Waals surface area contributed by atoms with Gasteiger partial charge in [0.1, 0.15) is 29.9 Å². The van der Waals surface area contributed by atoms with Crippen molar-refractivity contribution in [3.8, 4) is 17.1 Å². The number of ether oxygens (including phenoxy) is 1. The van der Waals surface area contributed by atoms with Gasteiger partial charge in [-0.2, -0.15) is 23.8 Å². The molecule has 0 aliphatic carbocycles. The van der Waals surface area contributed by atoms with E-state index in [2.05, 4.69) is 25.4 Å². The van der Waals surface area contributed by atoms with E-state index in [4.69, 9.17) is 9.72 Å². The molecular formula is C32H32F5N7O. The summed E-state index contributed by atoms with van der Waals surface area (Å²) in [6, 6.07) is 4.44. The van der Waals surface area contributed by atoms with E-state index in [-0.39, 0.29) is 41.8 Å². The van der Waals surface area contributed by atoms with E-state index in [1.165, 1.54) is 12.3 Å². The number of anilines is 1. The zero-order valence-corrected chi connectivity index (χ0v) is 24.6. The minimum Gasteiger partial charge on any atom is -0.461 e. The highest BCUT2D eigenvalue weighted by Crippen LogP contribution is 2.43. The van der Waals surface area contributed by atoms with E-state index in [9.17, 15) is 17.6 Å². The molecule has 13 heteroatoms. The first-order valence-electron chi connectivity index (χ1n) is 15.3. The number of nitrogens with zero attached hydrogens (tertiary/aromatic N) is 5. The summed E-state index contributed by atoms with van der Waals surface area (Å²) in [6.07, 6.45) is 3.04. The van der Waals surface area contributed by atoms with Crippen molar-refractivity contribution < 1.29 is 26.7 Å². The van der Waals surface area contributed by atoms with Gasteiger partial charge in [-0.25, -0.2) is 13.2 Å². The van der Waals surface area contributed by atoms with Crippen molar-refractivity contribution >= 4 is 27.6 Å². The van der Waals surface area contributed by atoms with E-state index in [0.29, 0.717) is 60.0 Å². The average Bonchev–Trinajstić information content (AvgIpc) is 3.75. The predicted octanol–water partition coefficient (Wildman–Crippen LogP) is 5.81. The van der Waals surface area contributed by atoms with Crippen LogP contribution in [0.15, 0.2) is 36.6 Å². The van der Waals surface area contributed by atoms with Gasteiger partial charge < -0.3 is 15.0 Å². The van der Waals surface area contributed by atoms with E-state index in [1.54, 1.807) is 19.1 Å². The molecule has 236 valence electrons. The number of alkyl halides is 1. The van der Waals surface area contributed by atoms with Crippen molar-refractivity contribution in [2.75, 3.05) is 37.7 Å². The van der Waals surface area contributed by atoms with Crippen molar-refractivity contribution in [2.24, 2.45) is 0 Å². The van der Waals surface area contributed by atoms with Crippen LogP contribution in [-0.4, -0.2) is 81.1 Å². The molecule has 2 aromatic carbocycles. The van der Waals surface area contributed by atoms with Crippen molar-refractivity contribution in [3.05, 3.63) is 53.8 Å². The molecule has 4 aliphatic heterocycles. The van der Waals surface area contributed by atoms with Gasteiger partial charge in [0.25, 0.3) is 6.08 Å². The second-order valence-corrected chi connectivity index (χ2v) is 13.1. The highest BCUT2D eigenvalue weighted by atomic mass is 19.3. The molecule has 0 amide bonds. The lowest BCUT2D eigenvalue weighted by Crippen LogP contribution is -2.59. The van der Waals surface area contributed by atoms with Gasteiger partial charge in [0.05, 0.1) is 22.8 Å². The van der Waals surface area contributed by atoms with E-state index >= 15 is 4.39 Å². The van der Waals surface area contributed by atoms with E-state index < -0.39 is 35.0 Å². The summed E-state index contributed by atoms with van der Waals surface area (Å²) >= 11 is 0. The number of aromatic amines is 1. The molecule has 1 unspecified atom stereocenters. The smallest absolute Gasteiger partial charge is 0.319 e. The Morgan fingerprint density at radius 3 is 2.87 bits per heavy atom. The minimum absolute atomic E-state index is 0.0319. The normalized spacial score (nSPS) is 27.9. The summed E-state index contributed by atoms with van der Waals surface area (Å²) in [4.78, 5) is 13.3. The Morgan fingerprint density at radius 1 is 1.16 bits per heavy atom. The first-order valence-corrected chi connectivity index (χ1v) is 15.3. The van der Waals surface area contributed by atoms with Crippen LogP contribution >= 0.6 is 0 Å². The minimum atomic E-state index is -1.77. The molecule has 0 saturated carbocycles. The van der Waals surface area contributed by atoms with Gasteiger partial charge in [0, 0.05) is 60.1 Å². The molecule has 2 aromatic heterocycles. The topological polar surface area (TPSA) is 82.2 Å². The van der Waals surface area contributed by atoms with Crippen LogP contribution in [0, 0.1) is 18.6 Å². The summed E-state index contributed by atoms with van der Waals surface area (Å²) in [7, 11) is 0. The molecule has 8 rings (SSSR count). The number of hydrogen-bond donors (Lipinski definition) is 2. The Hall–Kier alpha value is -3.84. The maximum absolute atomic E-state index is 16.8. The van der Waals surface area contributed by atoms with E-state index in [1.807, 2.05) is 4.90 Å². The van der Waals surface area contributed by atoms with Crippen molar-refractivity contribution in [3.63, 3.8) is 0 Å². The van der Waals surface area contributed by atoms with Crippen LogP contribution in [0.1, 0.15) is 37.7 Å². The second-order valence-electron chi connectivity index (χ2n) is 13.1. The van der Waals surface area contributed by atoms with Gasteiger partial charge in [0.2, 0.25) is 0 Å². The number of benzene rings is 2. The van der Waals surface area contributed by atoms with Gasteiger partial charge in [0.15, 0.2) is 5.82 Å². The van der Waals surface area contributed by atoms with Crippen LogP contribution in [0.25, 0.3) is 32.9 Å². The van der Waals surface area contributed by atoms with Crippen LogP contribution in [0.5, 0.6) is 6.01 Å². The Morgan fingerprint density at radius 2 is 2.02 bits per heavy atom. The molecule has 4 fully saturated rings. The maximum Gasteiger partial charge on any atom is 0.319 e.